The van der Waals surface area contributed by atoms with Gasteiger partial charge in [-0.25, -0.2) is 0 Å². The van der Waals surface area contributed by atoms with Crippen molar-refractivity contribution < 1.29 is 10.2 Å². The van der Waals surface area contributed by atoms with Crippen molar-refractivity contribution in [3.63, 3.8) is 0 Å². The molecule has 1 aromatic rings. The van der Waals surface area contributed by atoms with Gasteiger partial charge in [-0.15, -0.1) is 0 Å². The van der Waals surface area contributed by atoms with Crippen LogP contribution in [0, 0.1) is 0 Å². The molecular weight excluding hydrogens is 260 g/mol. The van der Waals surface area contributed by atoms with Crippen LogP contribution in [0.5, 0.6) is 5.75 Å². The smallest absolute Gasteiger partial charge is 0.115 e. The molecule has 0 aliphatic heterocycles. The van der Waals surface area contributed by atoms with Crippen LogP contribution < -0.4 is 0 Å². The van der Waals surface area contributed by atoms with Crippen LogP contribution in [-0.2, 0) is 10.8 Å². The number of benzene rings is 1. The van der Waals surface area contributed by atoms with E-state index in [1.54, 1.807) is 24.3 Å². The average molecular weight is 284 g/mol. The first-order valence-electron chi connectivity index (χ1n) is 7.34. The fourth-order valence-electron chi connectivity index (χ4n) is 3.43. The van der Waals surface area contributed by atoms with Crippen LogP contribution in [0.1, 0.15) is 45.2 Å². The van der Waals surface area contributed by atoms with Crippen LogP contribution in [0.3, 0.4) is 0 Å². The second-order valence-corrected chi connectivity index (χ2v) is 6.66. The first-order valence-corrected chi connectivity index (χ1v) is 7.34. The summed E-state index contributed by atoms with van der Waals surface area (Å²) in [6, 6.07) is 5.64. The van der Waals surface area contributed by atoms with E-state index in [-0.39, 0.29) is 16.6 Å². The van der Waals surface area contributed by atoms with Crippen LogP contribution in [0.15, 0.2) is 54.3 Å². The molecule has 2 N–H and O–H groups in total. The summed E-state index contributed by atoms with van der Waals surface area (Å²) >= 11 is 0. The Morgan fingerprint density at radius 3 is 2.57 bits per heavy atom. The molecule has 2 nitrogen and oxygen atoms in total. The molecule has 0 aromatic heterocycles. The molecule has 1 atom stereocenters. The third-order valence-corrected chi connectivity index (χ3v) is 4.23. The molecule has 1 aliphatic carbocycles. The lowest BCUT2D eigenvalue weighted by Gasteiger charge is -2.24. The summed E-state index contributed by atoms with van der Waals surface area (Å²) in [6.45, 7) is 8.49. The fourth-order valence-corrected chi connectivity index (χ4v) is 3.43. The van der Waals surface area contributed by atoms with E-state index in [0.29, 0.717) is 5.75 Å². The standard InChI is InChI=1S/C19H24O2/c1-5-7-14(20)8-6-11-19(4)13-18(2,3)17-12-15(21)9-10-16(17)19/h5-12,20-21H,13H2,1-4H3/b7-5-,11-6+,14-8+. The SMILES string of the molecule is C\C=C/C(O)=C\C=C\C1(C)CC(C)(C)c2cc(O)ccc21. The van der Waals surface area contributed by atoms with Crippen LogP contribution >= 0.6 is 0 Å². The Balaban J connectivity index is 2.38. The number of hydrogen-bond donors (Lipinski definition) is 2. The minimum Gasteiger partial charge on any atom is -0.508 e. The Morgan fingerprint density at radius 1 is 1.19 bits per heavy atom. The van der Waals surface area contributed by atoms with Gasteiger partial charge in [-0.05, 0) is 54.2 Å². The normalized spacial score (nSPS) is 24.9. The molecular formula is C19H24O2. The highest BCUT2D eigenvalue weighted by molar-refractivity contribution is 5.51. The van der Waals surface area contributed by atoms with Crippen LogP contribution in [0.25, 0.3) is 0 Å². The zero-order chi connectivity index (χ0) is 15.7. The summed E-state index contributed by atoms with van der Waals surface area (Å²) in [7, 11) is 0. The predicted octanol–water partition coefficient (Wildman–Crippen LogP) is 4.91. The van der Waals surface area contributed by atoms with Gasteiger partial charge >= 0.3 is 0 Å². The topological polar surface area (TPSA) is 40.5 Å². The molecule has 1 aliphatic rings. The van der Waals surface area contributed by atoms with E-state index in [4.69, 9.17) is 0 Å². The van der Waals surface area contributed by atoms with E-state index >= 15 is 0 Å². The molecule has 0 amide bonds. The highest BCUT2D eigenvalue weighted by Gasteiger charge is 2.43. The van der Waals surface area contributed by atoms with Crippen molar-refractivity contribution in [2.45, 2.75) is 44.9 Å². The minimum atomic E-state index is -0.0841. The Bertz CT molecular complexity index is 620. The third kappa shape index (κ3) is 3.05. The lowest BCUT2D eigenvalue weighted by atomic mass is 9.80. The van der Waals surface area contributed by atoms with Crippen molar-refractivity contribution >= 4 is 0 Å². The highest BCUT2D eigenvalue weighted by Crippen LogP contribution is 2.51. The molecule has 1 aromatic carbocycles. The second kappa shape index (κ2) is 5.44. The van der Waals surface area contributed by atoms with Crippen molar-refractivity contribution in [1.29, 1.82) is 0 Å². The summed E-state index contributed by atoms with van der Waals surface area (Å²) in [5.74, 6) is 0.571. The molecule has 0 radical (unpaired) electrons. The number of aromatic hydroxyl groups is 1. The Kier molecular flexibility index (Phi) is 3.99. The van der Waals surface area contributed by atoms with E-state index in [9.17, 15) is 10.2 Å². The molecule has 2 rings (SSSR count). The number of phenolic OH excluding ortho intramolecular Hbond substituents is 1. The lowest BCUT2D eigenvalue weighted by molar-refractivity contribution is 0.429. The van der Waals surface area contributed by atoms with Crippen LogP contribution in [-0.4, -0.2) is 10.2 Å². The molecule has 1 unspecified atom stereocenters. The zero-order valence-corrected chi connectivity index (χ0v) is 13.2. The van der Waals surface area contributed by atoms with Gasteiger partial charge in [0.15, 0.2) is 0 Å². The Labute approximate surface area is 127 Å². The van der Waals surface area contributed by atoms with Gasteiger partial charge in [0, 0.05) is 5.41 Å². The maximum Gasteiger partial charge on any atom is 0.115 e. The largest absolute Gasteiger partial charge is 0.508 e. The van der Waals surface area contributed by atoms with Crippen LogP contribution in [0.2, 0.25) is 0 Å². The van der Waals surface area contributed by atoms with Gasteiger partial charge in [0.2, 0.25) is 0 Å². The Morgan fingerprint density at radius 2 is 1.90 bits per heavy atom. The monoisotopic (exact) mass is 284 g/mol. The first kappa shape index (κ1) is 15.4. The number of allylic oxidation sites excluding steroid dienone is 5. The van der Waals surface area contributed by atoms with Crippen molar-refractivity contribution in [3.05, 3.63) is 65.5 Å². The third-order valence-electron chi connectivity index (χ3n) is 4.23. The molecule has 0 heterocycles. The van der Waals surface area contributed by atoms with Gasteiger partial charge in [-0.2, -0.15) is 0 Å². The number of hydrogen-bond acceptors (Lipinski definition) is 2. The maximum absolute atomic E-state index is 9.74. The fraction of sp³-hybridized carbons (Fsp3) is 0.368. The molecule has 2 heteroatoms. The molecule has 21 heavy (non-hydrogen) atoms. The van der Waals surface area contributed by atoms with Gasteiger partial charge in [-0.1, -0.05) is 45.1 Å². The summed E-state index contributed by atoms with van der Waals surface area (Å²) < 4.78 is 0. The van der Waals surface area contributed by atoms with Crippen molar-refractivity contribution in [2.24, 2.45) is 0 Å². The maximum atomic E-state index is 9.74. The van der Waals surface area contributed by atoms with E-state index in [1.807, 2.05) is 25.1 Å². The van der Waals surface area contributed by atoms with E-state index < -0.39 is 0 Å². The van der Waals surface area contributed by atoms with Crippen molar-refractivity contribution in [3.8, 4) is 5.75 Å². The van der Waals surface area contributed by atoms with Gasteiger partial charge in [0.25, 0.3) is 0 Å². The summed E-state index contributed by atoms with van der Waals surface area (Å²) in [6.07, 6.45) is 10.2. The summed E-state index contributed by atoms with van der Waals surface area (Å²) in [4.78, 5) is 0. The number of aliphatic hydroxyl groups excluding tert-OH is 1. The lowest BCUT2D eigenvalue weighted by Crippen LogP contribution is -2.19. The molecule has 0 spiro atoms. The highest BCUT2D eigenvalue weighted by atomic mass is 16.3. The van der Waals surface area contributed by atoms with E-state index in [2.05, 4.69) is 26.8 Å². The van der Waals surface area contributed by atoms with Crippen molar-refractivity contribution in [1.82, 2.24) is 0 Å². The minimum absolute atomic E-state index is 0.0300. The first-order chi connectivity index (χ1) is 9.78. The number of aliphatic hydroxyl groups is 1. The van der Waals surface area contributed by atoms with E-state index in [0.717, 1.165) is 6.42 Å². The second-order valence-electron chi connectivity index (χ2n) is 6.66. The van der Waals surface area contributed by atoms with Gasteiger partial charge in [-0.3, -0.25) is 0 Å². The van der Waals surface area contributed by atoms with Gasteiger partial charge in [0.05, 0.1) is 0 Å². The summed E-state index contributed by atoms with van der Waals surface area (Å²) in [5.41, 5.74) is 2.40. The molecule has 0 fully saturated rings. The zero-order valence-electron chi connectivity index (χ0n) is 13.2. The quantitative estimate of drug-likeness (QED) is 0.612. The molecule has 0 bridgehead atoms. The number of phenols is 1. The Hall–Kier alpha value is -1.96. The van der Waals surface area contributed by atoms with Crippen LogP contribution in [0.4, 0.5) is 0 Å². The number of fused-ring (bicyclic) bond motifs is 1. The molecule has 0 saturated carbocycles. The molecule has 112 valence electrons. The molecule has 0 saturated heterocycles. The average Bonchev–Trinajstić information content (AvgIpc) is 2.57. The van der Waals surface area contributed by atoms with Gasteiger partial charge < -0.3 is 10.2 Å². The van der Waals surface area contributed by atoms with E-state index in [1.165, 1.54) is 11.1 Å². The predicted molar refractivity (Wildman–Crippen MR) is 87.8 cm³/mol. The number of rotatable bonds is 3. The van der Waals surface area contributed by atoms with Gasteiger partial charge in [0.1, 0.15) is 11.5 Å². The van der Waals surface area contributed by atoms with Crippen molar-refractivity contribution in [2.75, 3.05) is 0 Å². The summed E-state index contributed by atoms with van der Waals surface area (Å²) in [5, 5.41) is 19.4.